The first-order chi connectivity index (χ1) is 10.2. The van der Waals surface area contributed by atoms with E-state index in [4.69, 9.17) is 4.74 Å². The molecule has 0 amide bonds. The molecule has 21 heavy (non-hydrogen) atoms. The third kappa shape index (κ3) is 2.40. The number of likely N-dealkylation sites (N-methyl/N-ethyl adjacent to an activating group) is 1. The maximum atomic E-state index is 12.3. The fourth-order valence-corrected chi connectivity index (χ4v) is 3.74. The number of aryl methyl sites for hydroxylation is 1. The second kappa shape index (κ2) is 5.64. The molecule has 0 aromatic heterocycles. The van der Waals surface area contributed by atoms with Gasteiger partial charge in [0.15, 0.2) is 0 Å². The Hall–Kier alpha value is -1.61. The number of ether oxygens (including phenoxy) is 1. The summed E-state index contributed by atoms with van der Waals surface area (Å²) in [6.07, 6.45) is 4.21. The van der Waals surface area contributed by atoms with E-state index in [1.54, 1.807) is 0 Å². The van der Waals surface area contributed by atoms with Crippen molar-refractivity contribution in [1.29, 1.82) is 0 Å². The molecular weight excluding hydrogens is 262 g/mol. The second-order valence-corrected chi connectivity index (χ2v) is 6.05. The van der Waals surface area contributed by atoms with Crippen LogP contribution in [0.2, 0.25) is 0 Å². The molecule has 112 valence electrons. The third-order valence-corrected chi connectivity index (χ3v) is 5.05. The third-order valence-electron chi connectivity index (χ3n) is 5.05. The molecule has 2 heterocycles. The number of hydrogen-bond donors (Lipinski definition) is 0. The van der Waals surface area contributed by atoms with Gasteiger partial charge in [-0.05, 0) is 49.4 Å². The highest BCUT2D eigenvalue weighted by molar-refractivity contribution is 5.99. The van der Waals surface area contributed by atoms with Crippen LogP contribution in [0.3, 0.4) is 0 Å². The van der Waals surface area contributed by atoms with Crippen LogP contribution in [0.1, 0.15) is 37.3 Å². The summed E-state index contributed by atoms with van der Waals surface area (Å²) in [6.45, 7) is 2.16. The number of carbonyl (C=O) groups excluding carboxylic acids is 1. The minimum atomic E-state index is -0.165. The number of hydrogen-bond acceptors (Lipinski definition) is 3. The maximum Gasteiger partial charge on any atom is 0.335 e. The molecule has 3 rings (SSSR count). The molecule has 1 aromatic rings. The van der Waals surface area contributed by atoms with E-state index in [-0.39, 0.29) is 12.0 Å². The average Bonchev–Trinajstić information content (AvgIpc) is 2.76. The van der Waals surface area contributed by atoms with Crippen molar-refractivity contribution in [3.63, 3.8) is 0 Å². The van der Waals surface area contributed by atoms with E-state index < -0.39 is 0 Å². The summed E-state index contributed by atoms with van der Waals surface area (Å²) in [6, 6.07) is 9.42. The first kappa shape index (κ1) is 14.3. The highest BCUT2D eigenvalue weighted by atomic mass is 16.5. The van der Waals surface area contributed by atoms with Crippen molar-refractivity contribution in [1.82, 2.24) is 4.90 Å². The van der Waals surface area contributed by atoms with Gasteiger partial charge >= 0.3 is 5.97 Å². The lowest BCUT2D eigenvalue weighted by Gasteiger charge is -2.34. The summed E-state index contributed by atoms with van der Waals surface area (Å²) in [7, 11) is 3.61. The molecule has 2 bridgehead atoms. The Balaban J connectivity index is 2.06. The molecule has 2 aliphatic rings. The summed E-state index contributed by atoms with van der Waals surface area (Å²) in [5.41, 5.74) is 4.57. The topological polar surface area (TPSA) is 29.5 Å². The number of benzene rings is 1. The van der Waals surface area contributed by atoms with Gasteiger partial charge in [-0.3, -0.25) is 4.90 Å². The first-order valence-electron chi connectivity index (χ1n) is 7.78. The van der Waals surface area contributed by atoms with Gasteiger partial charge < -0.3 is 4.74 Å². The summed E-state index contributed by atoms with van der Waals surface area (Å²) < 4.78 is 5.06. The molecular formula is C18H23NO2. The smallest absolute Gasteiger partial charge is 0.335 e. The summed E-state index contributed by atoms with van der Waals surface area (Å²) in [5.74, 6) is -0.165. The molecule has 1 saturated heterocycles. The lowest BCUT2D eigenvalue weighted by molar-refractivity contribution is -0.136. The van der Waals surface area contributed by atoms with Crippen molar-refractivity contribution in [2.24, 2.45) is 0 Å². The zero-order valence-corrected chi connectivity index (χ0v) is 13.1. The van der Waals surface area contributed by atoms with Crippen molar-refractivity contribution in [2.45, 2.75) is 44.7 Å². The summed E-state index contributed by atoms with van der Waals surface area (Å²) >= 11 is 0. The van der Waals surface area contributed by atoms with Crippen LogP contribution in [0.15, 0.2) is 29.8 Å². The normalized spacial score (nSPS) is 25.3. The summed E-state index contributed by atoms with van der Waals surface area (Å²) in [5, 5.41) is 0. The second-order valence-electron chi connectivity index (χ2n) is 6.05. The fourth-order valence-electron chi connectivity index (χ4n) is 3.74. The Morgan fingerprint density at radius 2 is 2.00 bits per heavy atom. The van der Waals surface area contributed by atoms with Crippen LogP contribution < -0.4 is 0 Å². The van der Waals surface area contributed by atoms with Gasteiger partial charge in [0.2, 0.25) is 0 Å². The van der Waals surface area contributed by atoms with Crippen molar-refractivity contribution in [3.05, 3.63) is 41.0 Å². The largest absolute Gasteiger partial charge is 0.466 e. The van der Waals surface area contributed by atoms with Crippen LogP contribution in [0.4, 0.5) is 0 Å². The van der Waals surface area contributed by atoms with E-state index in [9.17, 15) is 4.79 Å². The molecule has 0 saturated carbocycles. The van der Waals surface area contributed by atoms with Gasteiger partial charge in [0.05, 0.1) is 12.7 Å². The quantitative estimate of drug-likeness (QED) is 0.799. The fraction of sp³-hybridized carbons (Fsp3) is 0.500. The Morgan fingerprint density at radius 3 is 2.62 bits per heavy atom. The lowest BCUT2D eigenvalue weighted by atomic mass is 9.88. The van der Waals surface area contributed by atoms with Crippen LogP contribution in [0.5, 0.6) is 0 Å². The Bertz CT molecular complexity index is 573. The number of methoxy groups -OCH3 is 1. The molecule has 2 aliphatic heterocycles. The van der Waals surface area contributed by atoms with Gasteiger partial charge in [-0.1, -0.05) is 31.2 Å². The molecule has 3 nitrogen and oxygen atoms in total. The van der Waals surface area contributed by atoms with Gasteiger partial charge in [-0.2, -0.15) is 0 Å². The molecule has 1 unspecified atom stereocenters. The van der Waals surface area contributed by atoms with Gasteiger partial charge in [0.25, 0.3) is 0 Å². The number of nitrogens with zero attached hydrogens (tertiary/aromatic N) is 1. The van der Waals surface area contributed by atoms with E-state index in [0.717, 1.165) is 31.3 Å². The minimum absolute atomic E-state index is 0.165. The Morgan fingerprint density at radius 1 is 1.29 bits per heavy atom. The number of carbonyl (C=O) groups is 1. The molecule has 0 spiro atoms. The van der Waals surface area contributed by atoms with E-state index in [2.05, 4.69) is 43.1 Å². The standard InChI is InChI=1S/C18H23NO2/c1-4-12-5-7-13(8-6-12)15-11-14-9-10-16(19(14)2)17(15)18(20)21-3/h5-8,14,16H,4,9-11H2,1-3H3/t14-,16?/m1/s1. The SMILES string of the molecule is CCc1ccc(C2=C(C(=O)OC)C3CC[C@H](C2)N3C)cc1. The van der Waals surface area contributed by atoms with Gasteiger partial charge in [0.1, 0.15) is 0 Å². The molecule has 1 aromatic carbocycles. The zero-order valence-electron chi connectivity index (χ0n) is 13.1. The van der Waals surface area contributed by atoms with Gasteiger partial charge in [-0.15, -0.1) is 0 Å². The zero-order chi connectivity index (χ0) is 15.0. The number of rotatable bonds is 3. The van der Waals surface area contributed by atoms with E-state index in [1.165, 1.54) is 23.8 Å². The van der Waals surface area contributed by atoms with Crippen molar-refractivity contribution in [3.8, 4) is 0 Å². The van der Waals surface area contributed by atoms with Crippen LogP contribution in [0.25, 0.3) is 5.57 Å². The number of esters is 1. The molecule has 2 atom stereocenters. The van der Waals surface area contributed by atoms with Crippen molar-refractivity contribution in [2.75, 3.05) is 14.2 Å². The monoisotopic (exact) mass is 285 g/mol. The number of fused-ring (bicyclic) bond motifs is 2. The Labute approximate surface area is 126 Å². The predicted octanol–water partition coefficient (Wildman–Crippen LogP) is 3.04. The van der Waals surface area contributed by atoms with Crippen LogP contribution >= 0.6 is 0 Å². The van der Waals surface area contributed by atoms with Crippen molar-refractivity contribution < 1.29 is 9.53 Å². The van der Waals surface area contributed by atoms with E-state index in [1.807, 2.05) is 0 Å². The minimum Gasteiger partial charge on any atom is -0.466 e. The molecule has 0 radical (unpaired) electrons. The highest BCUT2D eigenvalue weighted by Gasteiger charge is 2.42. The summed E-state index contributed by atoms with van der Waals surface area (Å²) in [4.78, 5) is 14.6. The molecule has 0 aliphatic carbocycles. The molecule has 3 heteroatoms. The highest BCUT2D eigenvalue weighted by Crippen LogP contribution is 2.42. The van der Waals surface area contributed by atoms with Crippen LogP contribution in [-0.4, -0.2) is 37.1 Å². The van der Waals surface area contributed by atoms with Crippen LogP contribution in [-0.2, 0) is 16.0 Å². The van der Waals surface area contributed by atoms with Crippen LogP contribution in [0, 0.1) is 0 Å². The Kier molecular flexibility index (Phi) is 3.85. The maximum absolute atomic E-state index is 12.3. The molecule has 0 N–H and O–H groups in total. The predicted molar refractivity (Wildman–Crippen MR) is 83.9 cm³/mol. The molecule has 1 fully saturated rings. The lowest BCUT2D eigenvalue weighted by Crippen LogP contribution is -2.40. The average molecular weight is 285 g/mol. The van der Waals surface area contributed by atoms with Crippen molar-refractivity contribution >= 4 is 11.5 Å². The van der Waals surface area contributed by atoms with E-state index >= 15 is 0 Å². The van der Waals surface area contributed by atoms with Gasteiger partial charge in [0, 0.05) is 12.1 Å². The first-order valence-corrected chi connectivity index (χ1v) is 7.78. The van der Waals surface area contributed by atoms with Gasteiger partial charge in [-0.25, -0.2) is 4.79 Å². The van der Waals surface area contributed by atoms with E-state index in [0.29, 0.717) is 6.04 Å².